The van der Waals surface area contributed by atoms with Crippen molar-refractivity contribution in [2.24, 2.45) is 11.5 Å². The van der Waals surface area contributed by atoms with E-state index in [0.717, 1.165) is 0 Å². The van der Waals surface area contributed by atoms with Crippen LogP contribution in [0.25, 0.3) is 0 Å². The van der Waals surface area contributed by atoms with Gasteiger partial charge in [0.15, 0.2) is 0 Å². The number of rotatable bonds is 15. The fourth-order valence-electron chi connectivity index (χ4n) is 2.17. The fraction of sp³-hybridized carbons (Fsp3) is 0.625. The molecule has 0 fully saturated rings. The van der Waals surface area contributed by atoms with Gasteiger partial charge >= 0.3 is 11.9 Å². The largest absolute Gasteiger partial charge is 0.481 e. The quantitative estimate of drug-likeness (QED) is 0.106. The van der Waals surface area contributed by atoms with Crippen molar-refractivity contribution in [1.82, 2.24) is 16.0 Å². The molecule has 0 aliphatic rings. The third-order valence-corrected chi connectivity index (χ3v) is 4.30. The van der Waals surface area contributed by atoms with Gasteiger partial charge in [-0.2, -0.15) is 12.6 Å². The van der Waals surface area contributed by atoms with Crippen molar-refractivity contribution in [2.75, 3.05) is 12.4 Å². The summed E-state index contributed by atoms with van der Waals surface area (Å²) in [5.74, 6) is -6.41. The van der Waals surface area contributed by atoms with Gasteiger partial charge in [-0.1, -0.05) is 0 Å². The molecule has 0 heterocycles. The molecule has 4 atom stereocenters. The summed E-state index contributed by atoms with van der Waals surface area (Å²) in [5.41, 5.74) is 10.6. The van der Waals surface area contributed by atoms with Gasteiger partial charge in [0, 0.05) is 18.6 Å². The number of amides is 4. The number of thiol groups is 1. The van der Waals surface area contributed by atoms with E-state index in [9.17, 15) is 33.9 Å². The lowest BCUT2D eigenvalue weighted by Crippen LogP contribution is -2.58. The maximum Gasteiger partial charge on any atom is 0.326 e. The van der Waals surface area contributed by atoms with Crippen LogP contribution in [0.1, 0.15) is 25.7 Å². The number of carbonyl (C=O) groups excluding carboxylic acids is 4. The lowest BCUT2D eigenvalue weighted by atomic mass is 10.1. The number of carbonyl (C=O) groups is 6. The molecule has 4 amide bonds. The van der Waals surface area contributed by atoms with Crippen LogP contribution in [-0.2, 0) is 28.8 Å². The van der Waals surface area contributed by atoms with E-state index in [1.807, 2.05) is 5.32 Å². The highest BCUT2D eigenvalue weighted by molar-refractivity contribution is 7.80. The van der Waals surface area contributed by atoms with E-state index >= 15 is 0 Å². The maximum atomic E-state index is 12.3. The summed E-state index contributed by atoms with van der Waals surface area (Å²) in [5, 5.41) is 33.5. The lowest BCUT2D eigenvalue weighted by molar-refractivity contribution is -0.143. The van der Waals surface area contributed by atoms with Crippen molar-refractivity contribution < 1.29 is 44.1 Å². The first kappa shape index (κ1) is 28.1. The zero-order chi connectivity index (χ0) is 24.1. The van der Waals surface area contributed by atoms with E-state index in [-0.39, 0.29) is 18.6 Å². The van der Waals surface area contributed by atoms with E-state index in [1.54, 1.807) is 0 Å². The van der Waals surface area contributed by atoms with Crippen LogP contribution in [-0.4, -0.2) is 87.4 Å². The van der Waals surface area contributed by atoms with Gasteiger partial charge in [0.25, 0.3) is 0 Å². The number of nitrogens with two attached hydrogens (primary N) is 2. The zero-order valence-electron chi connectivity index (χ0n) is 16.4. The number of aliphatic hydroxyl groups excluding tert-OH is 1. The van der Waals surface area contributed by atoms with Crippen LogP contribution in [0, 0.1) is 0 Å². The molecule has 0 rings (SSSR count). The Labute approximate surface area is 182 Å². The third-order valence-electron chi connectivity index (χ3n) is 3.93. The number of aliphatic carboxylic acids is 2. The summed E-state index contributed by atoms with van der Waals surface area (Å²) >= 11 is 3.93. The van der Waals surface area contributed by atoms with Crippen LogP contribution in [0.4, 0.5) is 0 Å². The summed E-state index contributed by atoms with van der Waals surface area (Å²) in [4.78, 5) is 69.1. The van der Waals surface area contributed by atoms with Crippen LogP contribution >= 0.6 is 12.6 Å². The van der Waals surface area contributed by atoms with Crippen LogP contribution in [0.2, 0.25) is 0 Å². The number of carboxylic acids is 2. The van der Waals surface area contributed by atoms with Gasteiger partial charge < -0.3 is 42.7 Å². The Kier molecular flexibility index (Phi) is 12.8. The van der Waals surface area contributed by atoms with Crippen LogP contribution in [0.3, 0.4) is 0 Å². The van der Waals surface area contributed by atoms with Crippen molar-refractivity contribution in [2.45, 2.75) is 49.9 Å². The highest BCUT2D eigenvalue weighted by atomic mass is 32.1. The summed E-state index contributed by atoms with van der Waals surface area (Å²) in [7, 11) is 0. The standard InChI is InChI=1S/C16H27N5O9S/c17-7(1-3-11(18)23)13(26)21-10(6-31)15(28)20-9(5-22)14(27)19-8(16(29)30)2-4-12(24)25/h7-10,22,31H,1-6,17H2,(H2,18,23)(H,19,27)(H,20,28)(H,21,26)(H,24,25)(H,29,30). The number of hydrogen-bond acceptors (Lipinski definition) is 9. The smallest absolute Gasteiger partial charge is 0.326 e. The van der Waals surface area contributed by atoms with Crippen LogP contribution in [0.5, 0.6) is 0 Å². The Balaban J connectivity index is 4.97. The monoisotopic (exact) mass is 465 g/mol. The lowest BCUT2D eigenvalue weighted by Gasteiger charge is -2.23. The normalized spacial score (nSPS) is 14.4. The predicted octanol–water partition coefficient (Wildman–Crippen LogP) is -4.09. The molecule has 0 aromatic rings. The number of primary amides is 1. The molecule has 0 aliphatic carbocycles. The van der Waals surface area contributed by atoms with Crippen molar-refractivity contribution in [3.63, 3.8) is 0 Å². The van der Waals surface area contributed by atoms with Gasteiger partial charge in [-0.3, -0.25) is 24.0 Å². The Morgan fingerprint density at radius 1 is 0.806 bits per heavy atom. The molecule has 15 heteroatoms. The molecular weight excluding hydrogens is 438 g/mol. The minimum atomic E-state index is -1.58. The molecule has 10 N–H and O–H groups in total. The molecule has 0 aromatic carbocycles. The van der Waals surface area contributed by atoms with Gasteiger partial charge in [0.1, 0.15) is 18.1 Å². The van der Waals surface area contributed by atoms with Gasteiger partial charge in [-0.25, -0.2) is 4.79 Å². The van der Waals surface area contributed by atoms with E-state index in [4.69, 9.17) is 21.7 Å². The van der Waals surface area contributed by atoms with Crippen LogP contribution in [0.15, 0.2) is 0 Å². The average Bonchev–Trinajstić information content (AvgIpc) is 2.70. The summed E-state index contributed by atoms with van der Waals surface area (Å²) < 4.78 is 0. The Morgan fingerprint density at radius 2 is 1.32 bits per heavy atom. The van der Waals surface area contributed by atoms with E-state index < -0.39 is 79.2 Å². The molecule has 0 aliphatic heterocycles. The highest BCUT2D eigenvalue weighted by Gasteiger charge is 2.29. The molecular formula is C16H27N5O9S. The number of aliphatic hydroxyl groups is 1. The van der Waals surface area contributed by atoms with Gasteiger partial charge in [0.05, 0.1) is 12.6 Å². The van der Waals surface area contributed by atoms with Gasteiger partial charge in [-0.15, -0.1) is 0 Å². The Bertz CT molecular complexity index is 690. The van der Waals surface area contributed by atoms with Crippen molar-refractivity contribution in [3.8, 4) is 0 Å². The second-order valence-corrected chi connectivity index (χ2v) is 6.80. The minimum absolute atomic E-state index is 0.0589. The Hall–Kier alpha value is -2.91. The third kappa shape index (κ3) is 11.2. The molecule has 0 spiro atoms. The van der Waals surface area contributed by atoms with E-state index in [1.165, 1.54) is 0 Å². The molecule has 4 unspecified atom stereocenters. The highest BCUT2D eigenvalue weighted by Crippen LogP contribution is 2.01. The van der Waals surface area contributed by atoms with Crippen molar-refractivity contribution in [1.29, 1.82) is 0 Å². The van der Waals surface area contributed by atoms with Crippen LogP contribution < -0.4 is 27.4 Å². The first-order valence-electron chi connectivity index (χ1n) is 9.04. The summed E-state index contributed by atoms with van der Waals surface area (Å²) in [6.45, 7) is -0.909. The van der Waals surface area contributed by atoms with Gasteiger partial charge in [-0.05, 0) is 12.8 Å². The zero-order valence-corrected chi connectivity index (χ0v) is 17.3. The van der Waals surface area contributed by atoms with Gasteiger partial charge in [0.2, 0.25) is 23.6 Å². The van der Waals surface area contributed by atoms with Crippen molar-refractivity contribution >= 4 is 48.2 Å². The molecule has 14 nitrogen and oxygen atoms in total. The Morgan fingerprint density at radius 3 is 1.77 bits per heavy atom. The van der Waals surface area contributed by atoms with E-state index in [2.05, 4.69) is 23.3 Å². The number of carboxylic acid groups (broad SMARTS) is 2. The SMILES string of the molecule is NC(=O)CCC(N)C(=O)NC(CS)C(=O)NC(CO)C(=O)NC(CCC(=O)O)C(=O)O. The molecule has 176 valence electrons. The predicted molar refractivity (Wildman–Crippen MR) is 108 cm³/mol. The maximum absolute atomic E-state index is 12.3. The number of nitrogens with one attached hydrogen (secondary N) is 3. The summed E-state index contributed by atoms with van der Waals surface area (Å²) in [6.07, 6.45) is -1.15. The first-order valence-corrected chi connectivity index (χ1v) is 9.67. The molecule has 0 radical (unpaired) electrons. The minimum Gasteiger partial charge on any atom is -0.481 e. The molecule has 0 bridgehead atoms. The molecule has 31 heavy (non-hydrogen) atoms. The molecule has 0 aromatic heterocycles. The number of hydrogen-bond donors (Lipinski definition) is 9. The van der Waals surface area contributed by atoms with E-state index in [0.29, 0.717) is 0 Å². The topological polar surface area (TPSA) is 251 Å². The molecule has 0 saturated carbocycles. The first-order chi connectivity index (χ1) is 14.4. The van der Waals surface area contributed by atoms with Crippen molar-refractivity contribution in [3.05, 3.63) is 0 Å². The fourth-order valence-corrected chi connectivity index (χ4v) is 2.42. The second-order valence-electron chi connectivity index (χ2n) is 6.43. The average molecular weight is 465 g/mol. The molecule has 0 saturated heterocycles. The second kappa shape index (κ2) is 14.2. The summed E-state index contributed by atoms with van der Waals surface area (Å²) in [6, 6.07) is -5.54.